The first-order valence-corrected chi connectivity index (χ1v) is 6.00. The third-order valence-electron chi connectivity index (χ3n) is 3.20. The normalized spacial score (nSPS) is 16.3. The van der Waals surface area contributed by atoms with Gasteiger partial charge in [-0.15, -0.1) is 0 Å². The fourth-order valence-corrected chi connectivity index (χ4v) is 2.23. The van der Waals surface area contributed by atoms with Crippen molar-refractivity contribution in [3.63, 3.8) is 0 Å². The highest BCUT2D eigenvalue weighted by Crippen LogP contribution is 2.38. The van der Waals surface area contributed by atoms with Crippen LogP contribution in [0.25, 0.3) is 0 Å². The maximum atomic E-state index is 3.49. The van der Waals surface area contributed by atoms with Gasteiger partial charge in [0.15, 0.2) is 0 Å². The molecule has 0 spiro atoms. The number of hydrogen-bond donors (Lipinski definition) is 1. The van der Waals surface area contributed by atoms with Gasteiger partial charge in [-0.05, 0) is 38.3 Å². The molecular formula is C13H22N2. The molecule has 0 bridgehead atoms. The molecule has 1 N–H and O–H groups in total. The van der Waals surface area contributed by atoms with Gasteiger partial charge in [0.2, 0.25) is 0 Å². The molecule has 15 heavy (non-hydrogen) atoms. The molecule has 1 aromatic heterocycles. The van der Waals surface area contributed by atoms with Gasteiger partial charge >= 0.3 is 0 Å². The molecule has 1 fully saturated rings. The van der Waals surface area contributed by atoms with Crippen LogP contribution in [-0.4, -0.2) is 10.6 Å². The van der Waals surface area contributed by atoms with E-state index in [4.69, 9.17) is 0 Å². The summed E-state index contributed by atoms with van der Waals surface area (Å²) in [7, 11) is 0. The standard InChI is InChI=1S/C13H22N2/c1-9(2)14-8-12-7-10(3)15(11(12)4)13-5-6-13/h7,9,13-14H,5-6,8H2,1-4H3. The van der Waals surface area contributed by atoms with Crippen molar-refractivity contribution in [3.8, 4) is 0 Å². The molecule has 1 saturated carbocycles. The second-order valence-electron chi connectivity index (χ2n) is 5.03. The van der Waals surface area contributed by atoms with E-state index < -0.39 is 0 Å². The highest BCUT2D eigenvalue weighted by molar-refractivity contribution is 5.28. The van der Waals surface area contributed by atoms with E-state index in [-0.39, 0.29) is 0 Å². The topological polar surface area (TPSA) is 17.0 Å². The van der Waals surface area contributed by atoms with Crippen LogP contribution in [0.1, 0.15) is 49.7 Å². The van der Waals surface area contributed by atoms with Gasteiger partial charge in [-0.25, -0.2) is 0 Å². The molecule has 0 aliphatic heterocycles. The van der Waals surface area contributed by atoms with Crippen molar-refractivity contribution in [2.45, 2.75) is 59.2 Å². The van der Waals surface area contributed by atoms with E-state index in [1.54, 1.807) is 0 Å². The summed E-state index contributed by atoms with van der Waals surface area (Å²) >= 11 is 0. The van der Waals surface area contributed by atoms with E-state index in [0.29, 0.717) is 6.04 Å². The molecule has 0 unspecified atom stereocenters. The predicted octanol–water partition coefficient (Wildman–Crippen LogP) is 2.94. The van der Waals surface area contributed by atoms with Crippen LogP contribution in [0, 0.1) is 13.8 Å². The average Bonchev–Trinajstić information content (AvgIpc) is 2.92. The van der Waals surface area contributed by atoms with E-state index in [1.807, 2.05) is 0 Å². The predicted molar refractivity (Wildman–Crippen MR) is 64.2 cm³/mol. The minimum Gasteiger partial charge on any atom is -0.346 e. The molecule has 84 valence electrons. The molecule has 0 atom stereocenters. The van der Waals surface area contributed by atoms with Gasteiger partial charge in [-0.1, -0.05) is 13.8 Å². The molecule has 1 heterocycles. The number of hydrogen-bond acceptors (Lipinski definition) is 1. The summed E-state index contributed by atoms with van der Waals surface area (Å²) in [6, 6.07) is 3.70. The highest BCUT2D eigenvalue weighted by atomic mass is 15.1. The first-order valence-electron chi connectivity index (χ1n) is 6.00. The smallest absolute Gasteiger partial charge is 0.0337 e. The molecule has 0 saturated heterocycles. The monoisotopic (exact) mass is 206 g/mol. The molecule has 2 heteroatoms. The minimum atomic E-state index is 0.564. The van der Waals surface area contributed by atoms with Crippen molar-refractivity contribution in [2.75, 3.05) is 0 Å². The molecule has 1 aliphatic rings. The second kappa shape index (κ2) is 4.01. The van der Waals surface area contributed by atoms with E-state index in [0.717, 1.165) is 12.6 Å². The lowest BCUT2D eigenvalue weighted by molar-refractivity contribution is 0.585. The quantitative estimate of drug-likeness (QED) is 0.801. The summed E-state index contributed by atoms with van der Waals surface area (Å²) in [5.74, 6) is 0. The Bertz CT molecular complexity index is 346. The Morgan fingerprint density at radius 2 is 2.07 bits per heavy atom. The van der Waals surface area contributed by atoms with Crippen molar-refractivity contribution in [2.24, 2.45) is 0 Å². The van der Waals surface area contributed by atoms with Crippen molar-refractivity contribution < 1.29 is 0 Å². The van der Waals surface area contributed by atoms with Crippen LogP contribution in [0.15, 0.2) is 6.07 Å². The molecule has 1 aromatic rings. The Hall–Kier alpha value is -0.760. The summed E-state index contributed by atoms with van der Waals surface area (Å²) in [5.41, 5.74) is 4.35. The van der Waals surface area contributed by atoms with E-state index in [1.165, 1.54) is 29.8 Å². The van der Waals surface area contributed by atoms with Crippen LogP contribution in [0.5, 0.6) is 0 Å². The van der Waals surface area contributed by atoms with E-state index in [2.05, 4.69) is 43.6 Å². The zero-order chi connectivity index (χ0) is 11.0. The lowest BCUT2D eigenvalue weighted by Gasteiger charge is -2.10. The number of aromatic nitrogens is 1. The summed E-state index contributed by atoms with van der Waals surface area (Å²) in [6.45, 7) is 9.87. The van der Waals surface area contributed by atoms with Crippen molar-refractivity contribution in [3.05, 3.63) is 23.0 Å². The Morgan fingerprint density at radius 3 is 2.60 bits per heavy atom. The fourth-order valence-electron chi connectivity index (χ4n) is 2.23. The zero-order valence-corrected chi connectivity index (χ0v) is 10.3. The summed E-state index contributed by atoms with van der Waals surface area (Å²) in [6.07, 6.45) is 2.74. The van der Waals surface area contributed by atoms with Crippen LogP contribution >= 0.6 is 0 Å². The van der Waals surface area contributed by atoms with Gasteiger partial charge in [0, 0.05) is 30.0 Å². The van der Waals surface area contributed by atoms with Gasteiger partial charge in [0.05, 0.1) is 0 Å². The van der Waals surface area contributed by atoms with Crippen molar-refractivity contribution >= 4 is 0 Å². The third-order valence-corrected chi connectivity index (χ3v) is 3.20. The molecule has 2 rings (SSSR count). The first kappa shape index (κ1) is 10.7. The lowest BCUT2D eigenvalue weighted by Crippen LogP contribution is -2.22. The summed E-state index contributed by atoms with van der Waals surface area (Å²) in [5, 5.41) is 3.49. The largest absolute Gasteiger partial charge is 0.346 e. The van der Waals surface area contributed by atoms with Gasteiger partial charge in [-0.3, -0.25) is 0 Å². The number of aryl methyl sites for hydroxylation is 1. The number of nitrogens with one attached hydrogen (secondary N) is 1. The molecule has 0 aromatic carbocycles. The van der Waals surface area contributed by atoms with Crippen LogP contribution in [-0.2, 0) is 6.54 Å². The maximum Gasteiger partial charge on any atom is 0.0337 e. The Balaban J connectivity index is 2.14. The van der Waals surface area contributed by atoms with Crippen LogP contribution in [0.3, 0.4) is 0 Å². The second-order valence-corrected chi connectivity index (χ2v) is 5.03. The average molecular weight is 206 g/mol. The van der Waals surface area contributed by atoms with Crippen LogP contribution in [0.4, 0.5) is 0 Å². The van der Waals surface area contributed by atoms with Gasteiger partial charge in [0.25, 0.3) is 0 Å². The highest BCUT2D eigenvalue weighted by Gasteiger charge is 2.26. The molecule has 0 radical (unpaired) electrons. The third kappa shape index (κ3) is 2.25. The number of nitrogens with zero attached hydrogens (tertiary/aromatic N) is 1. The Morgan fingerprint density at radius 1 is 1.40 bits per heavy atom. The first-order chi connectivity index (χ1) is 7.09. The number of rotatable bonds is 4. The molecule has 0 amide bonds. The zero-order valence-electron chi connectivity index (χ0n) is 10.3. The minimum absolute atomic E-state index is 0.564. The Kier molecular flexibility index (Phi) is 2.87. The van der Waals surface area contributed by atoms with Crippen molar-refractivity contribution in [1.29, 1.82) is 0 Å². The maximum absolute atomic E-state index is 3.49. The SMILES string of the molecule is Cc1cc(CNC(C)C)c(C)n1C1CC1. The van der Waals surface area contributed by atoms with E-state index >= 15 is 0 Å². The fraction of sp³-hybridized carbons (Fsp3) is 0.692. The van der Waals surface area contributed by atoms with Crippen LogP contribution in [0.2, 0.25) is 0 Å². The van der Waals surface area contributed by atoms with Crippen LogP contribution < -0.4 is 5.32 Å². The van der Waals surface area contributed by atoms with Gasteiger partial charge in [0.1, 0.15) is 0 Å². The van der Waals surface area contributed by atoms with E-state index in [9.17, 15) is 0 Å². The molecular weight excluding hydrogens is 184 g/mol. The lowest BCUT2D eigenvalue weighted by atomic mass is 10.2. The summed E-state index contributed by atoms with van der Waals surface area (Å²) in [4.78, 5) is 0. The van der Waals surface area contributed by atoms with Gasteiger partial charge in [-0.2, -0.15) is 0 Å². The van der Waals surface area contributed by atoms with Gasteiger partial charge < -0.3 is 9.88 Å². The molecule has 2 nitrogen and oxygen atoms in total. The Labute approximate surface area is 92.7 Å². The molecule has 1 aliphatic carbocycles. The summed E-state index contributed by atoms with van der Waals surface area (Å²) < 4.78 is 2.51. The van der Waals surface area contributed by atoms with Crippen molar-refractivity contribution in [1.82, 2.24) is 9.88 Å².